The third-order valence-corrected chi connectivity index (χ3v) is 2.89. The van der Waals surface area contributed by atoms with Crippen LogP contribution in [0.3, 0.4) is 0 Å². The van der Waals surface area contributed by atoms with Crippen molar-refractivity contribution in [2.45, 2.75) is 6.42 Å². The van der Waals surface area contributed by atoms with E-state index >= 15 is 0 Å². The molecule has 3 nitrogen and oxygen atoms in total. The Morgan fingerprint density at radius 1 is 1.56 bits per heavy atom. The molecule has 0 saturated heterocycles. The maximum atomic E-state index is 12.8. The Labute approximate surface area is 96.7 Å². The molecule has 0 amide bonds. The lowest BCUT2D eigenvalue weighted by atomic mass is 10.2. The number of nitrogens with one attached hydrogen (secondary N) is 1. The van der Waals surface area contributed by atoms with Crippen molar-refractivity contribution in [1.29, 1.82) is 5.26 Å². The highest BCUT2D eigenvalue weighted by Gasteiger charge is 2.02. The van der Waals surface area contributed by atoms with Gasteiger partial charge in [-0.05, 0) is 24.6 Å². The van der Waals surface area contributed by atoms with Crippen LogP contribution in [0.15, 0.2) is 18.2 Å². The van der Waals surface area contributed by atoms with Crippen molar-refractivity contribution in [3.8, 4) is 6.07 Å². The lowest BCUT2D eigenvalue weighted by molar-refractivity contribution is 0.627. The largest absolute Gasteiger partial charge is 0.384 e. The Hall–Kier alpha value is -1.41. The maximum Gasteiger partial charge on any atom is 0.124 e. The van der Waals surface area contributed by atoms with E-state index in [1.54, 1.807) is 6.26 Å². The first-order chi connectivity index (χ1) is 7.63. The molecule has 0 aromatic heterocycles. The zero-order chi connectivity index (χ0) is 12.0. The van der Waals surface area contributed by atoms with Crippen LogP contribution < -0.4 is 5.32 Å². The van der Waals surface area contributed by atoms with Crippen molar-refractivity contribution in [2.24, 2.45) is 0 Å². The first-order valence-corrected chi connectivity index (χ1v) is 6.59. The number of hydrogen-bond acceptors (Lipinski definition) is 3. The predicted octanol–water partition coefficient (Wildman–Crippen LogP) is 1.88. The quantitative estimate of drug-likeness (QED) is 0.799. The van der Waals surface area contributed by atoms with Crippen LogP contribution in [0.5, 0.6) is 0 Å². The molecule has 0 spiro atoms. The van der Waals surface area contributed by atoms with Gasteiger partial charge in [0.15, 0.2) is 0 Å². The summed E-state index contributed by atoms with van der Waals surface area (Å²) in [5.41, 5.74) is 0.906. The summed E-state index contributed by atoms with van der Waals surface area (Å²) in [5, 5.41) is 11.8. The van der Waals surface area contributed by atoms with E-state index in [9.17, 15) is 8.60 Å². The predicted molar refractivity (Wildman–Crippen MR) is 63.2 cm³/mol. The minimum Gasteiger partial charge on any atom is -0.384 e. The molecule has 16 heavy (non-hydrogen) atoms. The van der Waals surface area contributed by atoms with Gasteiger partial charge in [0.05, 0.1) is 11.3 Å². The zero-order valence-corrected chi connectivity index (χ0v) is 9.81. The molecule has 0 fully saturated rings. The lowest BCUT2D eigenvalue weighted by Gasteiger charge is -2.07. The van der Waals surface area contributed by atoms with Crippen molar-refractivity contribution < 1.29 is 8.60 Å². The van der Waals surface area contributed by atoms with E-state index in [0.717, 1.165) is 6.42 Å². The van der Waals surface area contributed by atoms with Gasteiger partial charge in [-0.3, -0.25) is 4.21 Å². The Balaban J connectivity index is 2.54. The molecule has 1 aromatic rings. The van der Waals surface area contributed by atoms with Crippen LogP contribution in [0, 0.1) is 17.1 Å². The first-order valence-electron chi connectivity index (χ1n) is 4.87. The van der Waals surface area contributed by atoms with Gasteiger partial charge < -0.3 is 5.32 Å². The average molecular weight is 240 g/mol. The Morgan fingerprint density at radius 2 is 2.31 bits per heavy atom. The molecular weight excluding hydrogens is 227 g/mol. The molecule has 1 atom stereocenters. The molecule has 0 bridgehead atoms. The van der Waals surface area contributed by atoms with Gasteiger partial charge in [-0.1, -0.05) is 0 Å². The highest BCUT2D eigenvalue weighted by Crippen LogP contribution is 2.15. The SMILES string of the molecule is CS(=O)CCCNc1ccc(F)cc1C#N. The second kappa shape index (κ2) is 6.23. The van der Waals surface area contributed by atoms with Crippen LogP contribution in [0.2, 0.25) is 0 Å². The van der Waals surface area contributed by atoms with Crippen molar-refractivity contribution in [3.63, 3.8) is 0 Å². The molecule has 1 N–H and O–H groups in total. The number of rotatable bonds is 5. The van der Waals surface area contributed by atoms with Crippen molar-refractivity contribution in [3.05, 3.63) is 29.6 Å². The van der Waals surface area contributed by atoms with Crippen LogP contribution in [0.4, 0.5) is 10.1 Å². The average Bonchev–Trinajstić information content (AvgIpc) is 2.25. The van der Waals surface area contributed by atoms with Crippen LogP contribution in [-0.2, 0) is 10.8 Å². The summed E-state index contributed by atoms with van der Waals surface area (Å²) in [7, 11) is -0.799. The van der Waals surface area contributed by atoms with E-state index in [1.807, 2.05) is 6.07 Å². The van der Waals surface area contributed by atoms with E-state index in [1.165, 1.54) is 18.2 Å². The molecule has 0 aliphatic carbocycles. The van der Waals surface area contributed by atoms with Crippen molar-refractivity contribution in [1.82, 2.24) is 0 Å². The monoisotopic (exact) mass is 240 g/mol. The molecular formula is C11H13FN2OS. The second-order valence-corrected chi connectivity index (χ2v) is 4.91. The third kappa shape index (κ3) is 3.99. The van der Waals surface area contributed by atoms with Gasteiger partial charge >= 0.3 is 0 Å². The highest BCUT2D eigenvalue weighted by molar-refractivity contribution is 7.84. The zero-order valence-electron chi connectivity index (χ0n) is 9.00. The van der Waals surface area contributed by atoms with Crippen molar-refractivity contribution in [2.75, 3.05) is 23.9 Å². The van der Waals surface area contributed by atoms with Crippen LogP contribution >= 0.6 is 0 Å². The third-order valence-electron chi connectivity index (χ3n) is 2.03. The maximum absolute atomic E-state index is 12.8. The fourth-order valence-electron chi connectivity index (χ4n) is 1.26. The van der Waals surface area contributed by atoms with Crippen LogP contribution in [-0.4, -0.2) is 22.8 Å². The lowest BCUT2D eigenvalue weighted by Crippen LogP contribution is -2.07. The smallest absolute Gasteiger partial charge is 0.124 e. The van der Waals surface area contributed by atoms with E-state index < -0.39 is 16.6 Å². The molecule has 1 aromatic carbocycles. The molecule has 0 saturated carbocycles. The molecule has 0 radical (unpaired) electrons. The highest BCUT2D eigenvalue weighted by atomic mass is 32.2. The molecule has 1 rings (SSSR count). The number of anilines is 1. The number of nitriles is 1. The van der Waals surface area contributed by atoms with E-state index in [4.69, 9.17) is 5.26 Å². The second-order valence-electron chi connectivity index (χ2n) is 3.36. The van der Waals surface area contributed by atoms with Gasteiger partial charge in [-0.15, -0.1) is 0 Å². The fraction of sp³-hybridized carbons (Fsp3) is 0.364. The number of nitrogens with zero attached hydrogens (tertiary/aromatic N) is 1. The van der Waals surface area contributed by atoms with E-state index in [0.29, 0.717) is 18.0 Å². The van der Waals surface area contributed by atoms with Crippen LogP contribution in [0.1, 0.15) is 12.0 Å². The molecule has 0 aliphatic rings. The summed E-state index contributed by atoms with van der Waals surface area (Å²) in [4.78, 5) is 0. The topological polar surface area (TPSA) is 52.9 Å². The molecule has 5 heteroatoms. The Bertz CT molecular complexity index is 428. The number of hydrogen-bond donors (Lipinski definition) is 1. The number of halogens is 1. The summed E-state index contributed by atoms with van der Waals surface area (Å²) in [6, 6.07) is 5.96. The fourth-order valence-corrected chi connectivity index (χ4v) is 1.81. The van der Waals surface area contributed by atoms with Gasteiger partial charge in [0.25, 0.3) is 0 Å². The summed E-state index contributed by atoms with van der Waals surface area (Å²) in [5.74, 6) is 0.201. The summed E-state index contributed by atoms with van der Waals surface area (Å²) >= 11 is 0. The molecule has 1 unspecified atom stereocenters. The normalized spacial score (nSPS) is 11.8. The van der Waals surface area contributed by atoms with Gasteiger partial charge in [-0.25, -0.2) is 4.39 Å². The Morgan fingerprint density at radius 3 is 2.94 bits per heavy atom. The van der Waals surface area contributed by atoms with E-state index in [2.05, 4.69) is 5.32 Å². The summed E-state index contributed by atoms with van der Waals surface area (Å²) in [6.45, 7) is 0.625. The summed E-state index contributed by atoms with van der Waals surface area (Å²) in [6.07, 6.45) is 2.41. The minimum absolute atomic E-state index is 0.289. The van der Waals surface area contributed by atoms with E-state index in [-0.39, 0.29) is 5.56 Å². The molecule has 0 aliphatic heterocycles. The van der Waals surface area contributed by atoms with Crippen molar-refractivity contribution >= 4 is 16.5 Å². The van der Waals surface area contributed by atoms with Gasteiger partial charge in [0.2, 0.25) is 0 Å². The first kappa shape index (κ1) is 12.7. The minimum atomic E-state index is -0.799. The standard InChI is InChI=1S/C11H13FN2OS/c1-16(15)6-2-5-14-11-4-3-10(12)7-9(11)8-13/h3-4,7,14H,2,5-6H2,1H3. The van der Waals surface area contributed by atoms with Gasteiger partial charge in [-0.2, -0.15) is 5.26 Å². The molecule has 86 valence electrons. The van der Waals surface area contributed by atoms with Crippen LogP contribution in [0.25, 0.3) is 0 Å². The number of benzene rings is 1. The molecule has 0 heterocycles. The van der Waals surface area contributed by atoms with Gasteiger partial charge in [0, 0.05) is 29.4 Å². The summed E-state index contributed by atoms with van der Waals surface area (Å²) < 4.78 is 23.6. The Kier molecular flexibility index (Phi) is 4.93. The van der Waals surface area contributed by atoms with Gasteiger partial charge in [0.1, 0.15) is 11.9 Å².